The number of rotatable bonds is 7. The van der Waals surface area contributed by atoms with Gasteiger partial charge in [-0.2, -0.15) is 0 Å². The van der Waals surface area contributed by atoms with Crippen LogP contribution in [0, 0.1) is 0 Å². The predicted octanol–water partition coefficient (Wildman–Crippen LogP) is 5.28. The molecular weight excluding hydrogens is 504 g/mol. The lowest BCUT2D eigenvalue weighted by Gasteiger charge is -2.16. The van der Waals surface area contributed by atoms with Crippen LogP contribution in [0.2, 0.25) is 0 Å². The van der Waals surface area contributed by atoms with Gasteiger partial charge in [-0.3, -0.25) is 14.8 Å². The Morgan fingerprint density at radius 2 is 1.60 bits per heavy atom. The number of benzene rings is 4. The van der Waals surface area contributed by atoms with Crippen LogP contribution in [0.1, 0.15) is 44.8 Å². The predicted molar refractivity (Wildman–Crippen MR) is 151 cm³/mol. The molecule has 0 unspecified atom stereocenters. The first-order chi connectivity index (χ1) is 19.5. The number of carbonyl (C=O) groups excluding carboxylic acids is 1. The standard InChI is InChI=1S/C31H24N6O3/c1-19(21-8-10-23(11-9-21)31(39)40)34-30(38)25-16-24(22-5-3-2-4-6-22)17-28-29(25)37(36-35-28)18-20-7-12-26-27(15-20)33-14-13-32-26/h2-17,19H,18H2,1H3,(H,34,38)(H,39,40)/t19-/m0/s1. The number of amides is 1. The van der Waals surface area contributed by atoms with Gasteiger partial charge >= 0.3 is 5.97 Å². The highest BCUT2D eigenvalue weighted by Crippen LogP contribution is 2.28. The highest BCUT2D eigenvalue weighted by Gasteiger charge is 2.21. The quantitative estimate of drug-likeness (QED) is 0.289. The SMILES string of the molecule is C[C@H](NC(=O)c1cc(-c2ccccc2)cc2nnn(Cc3ccc4nccnc4c3)c12)c1ccc(C(=O)O)cc1. The van der Waals surface area contributed by atoms with Crippen molar-refractivity contribution in [1.82, 2.24) is 30.3 Å². The van der Waals surface area contributed by atoms with E-state index in [-0.39, 0.29) is 17.5 Å². The van der Waals surface area contributed by atoms with Gasteiger partial charge < -0.3 is 10.4 Å². The molecule has 1 amide bonds. The summed E-state index contributed by atoms with van der Waals surface area (Å²) in [6, 6.07) is 25.5. The van der Waals surface area contributed by atoms with E-state index in [0.29, 0.717) is 23.1 Å². The topological polar surface area (TPSA) is 123 Å². The third-order valence-corrected chi connectivity index (χ3v) is 6.83. The van der Waals surface area contributed by atoms with E-state index in [9.17, 15) is 14.7 Å². The van der Waals surface area contributed by atoms with Gasteiger partial charge in [-0.15, -0.1) is 5.10 Å². The largest absolute Gasteiger partial charge is 0.478 e. The summed E-state index contributed by atoms with van der Waals surface area (Å²) >= 11 is 0. The van der Waals surface area contributed by atoms with E-state index in [0.717, 1.165) is 33.3 Å². The Labute approximate surface area is 229 Å². The van der Waals surface area contributed by atoms with E-state index in [1.54, 1.807) is 29.2 Å². The fourth-order valence-electron chi connectivity index (χ4n) is 4.75. The Morgan fingerprint density at radius 3 is 2.35 bits per heavy atom. The first kappa shape index (κ1) is 24.9. The van der Waals surface area contributed by atoms with Gasteiger partial charge in [0.1, 0.15) is 11.0 Å². The molecule has 9 heteroatoms. The Bertz CT molecular complexity index is 1870. The molecule has 0 aliphatic heterocycles. The Kier molecular flexibility index (Phi) is 6.45. The van der Waals surface area contributed by atoms with Gasteiger partial charge in [-0.05, 0) is 65.6 Å². The normalized spacial score (nSPS) is 11.9. The van der Waals surface area contributed by atoms with E-state index in [1.165, 1.54) is 12.1 Å². The first-order valence-corrected chi connectivity index (χ1v) is 12.7. The summed E-state index contributed by atoms with van der Waals surface area (Å²) in [4.78, 5) is 33.7. The molecule has 196 valence electrons. The van der Waals surface area contributed by atoms with Crippen molar-refractivity contribution in [3.8, 4) is 11.1 Å². The lowest BCUT2D eigenvalue weighted by molar-refractivity contribution is 0.0696. The third-order valence-electron chi connectivity index (χ3n) is 6.83. The maximum Gasteiger partial charge on any atom is 0.335 e. The van der Waals surface area contributed by atoms with Crippen LogP contribution in [-0.4, -0.2) is 41.9 Å². The highest BCUT2D eigenvalue weighted by atomic mass is 16.4. The molecule has 0 fully saturated rings. The maximum atomic E-state index is 13.8. The zero-order valence-electron chi connectivity index (χ0n) is 21.5. The molecule has 6 rings (SSSR count). The number of nitrogens with zero attached hydrogens (tertiary/aromatic N) is 5. The van der Waals surface area contributed by atoms with Gasteiger partial charge in [0.15, 0.2) is 0 Å². The lowest BCUT2D eigenvalue weighted by atomic mass is 10.00. The summed E-state index contributed by atoms with van der Waals surface area (Å²) in [5, 5.41) is 21.1. The average molecular weight is 529 g/mol. The van der Waals surface area contributed by atoms with Crippen LogP contribution in [-0.2, 0) is 6.54 Å². The number of carboxylic acids is 1. The minimum atomic E-state index is -0.998. The van der Waals surface area contributed by atoms with E-state index < -0.39 is 5.97 Å². The molecule has 9 nitrogen and oxygen atoms in total. The average Bonchev–Trinajstić information content (AvgIpc) is 3.39. The van der Waals surface area contributed by atoms with Crippen molar-refractivity contribution in [2.75, 3.05) is 0 Å². The molecule has 2 N–H and O–H groups in total. The fraction of sp³-hybridized carbons (Fsp3) is 0.0968. The molecule has 4 aromatic carbocycles. The van der Waals surface area contributed by atoms with Crippen LogP contribution in [0.15, 0.2) is 97.3 Å². The number of aromatic carboxylic acids is 1. The summed E-state index contributed by atoms with van der Waals surface area (Å²) in [6.07, 6.45) is 3.31. The Balaban J connectivity index is 1.39. The molecule has 0 aliphatic rings. The Morgan fingerprint density at radius 1 is 0.850 bits per heavy atom. The van der Waals surface area contributed by atoms with Crippen LogP contribution in [0.25, 0.3) is 33.2 Å². The van der Waals surface area contributed by atoms with Crippen molar-refractivity contribution in [2.24, 2.45) is 0 Å². The molecule has 1 atom stereocenters. The summed E-state index contributed by atoms with van der Waals surface area (Å²) in [6.45, 7) is 2.25. The first-order valence-electron chi connectivity index (χ1n) is 12.7. The van der Waals surface area contributed by atoms with Crippen molar-refractivity contribution < 1.29 is 14.7 Å². The van der Waals surface area contributed by atoms with Gasteiger partial charge in [0.2, 0.25) is 0 Å². The molecule has 0 spiro atoms. The second-order valence-corrected chi connectivity index (χ2v) is 9.51. The number of hydrogen-bond donors (Lipinski definition) is 2. The number of fused-ring (bicyclic) bond motifs is 2. The summed E-state index contributed by atoms with van der Waals surface area (Å²) in [5.74, 6) is -1.28. The maximum absolute atomic E-state index is 13.8. The fourth-order valence-corrected chi connectivity index (χ4v) is 4.75. The number of nitrogens with one attached hydrogen (secondary N) is 1. The Hall–Kier alpha value is -5.44. The zero-order valence-corrected chi connectivity index (χ0v) is 21.5. The van der Waals surface area contributed by atoms with Gasteiger partial charge in [0, 0.05) is 12.4 Å². The summed E-state index contributed by atoms with van der Waals surface area (Å²) < 4.78 is 1.73. The van der Waals surface area contributed by atoms with E-state index >= 15 is 0 Å². The smallest absolute Gasteiger partial charge is 0.335 e. The van der Waals surface area contributed by atoms with Gasteiger partial charge in [0.25, 0.3) is 5.91 Å². The monoisotopic (exact) mass is 528 g/mol. The van der Waals surface area contributed by atoms with E-state index in [2.05, 4.69) is 25.6 Å². The molecule has 0 aliphatic carbocycles. The van der Waals surface area contributed by atoms with Crippen LogP contribution in [0.5, 0.6) is 0 Å². The number of carbonyl (C=O) groups is 2. The van der Waals surface area contributed by atoms with Crippen molar-refractivity contribution in [2.45, 2.75) is 19.5 Å². The summed E-state index contributed by atoms with van der Waals surface area (Å²) in [7, 11) is 0. The van der Waals surface area contributed by atoms with Crippen LogP contribution in [0.3, 0.4) is 0 Å². The molecule has 0 bridgehead atoms. The third kappa shape index (κ3) is 4.88. The highest BCUT2D eigenvalue weighted by molar-refractivity contribution is 6.06. The minimum absolute atomic E-state index is 0.189. The summed E-state index contributed by atoms with van der Waals surface area (Å²) in [5.41, 5.74) is 6.97. The van der Waals surface area contributed by atoms with Crippen molar-refractivity contribution >= 4 is 33.9 Å². The molecule has 6 aromatic rings. The second kappa shape index (κ2) is 10.4. The molecule has 0 saturated carbocycles. The molecular formula is C31H24N6O3. The van der Waals surface area contributed by atoms with Crippen molar-refractivity contribution in [1.29, 1.82) is 0 Å². The number of hydrogen-bond acceptors (Lipinski definition) is 6. The molecule has 0 radical (unpaired) electrons. The lowest BCUT2D eigenvalue weighted by Crippen LogP contribution is -2.27. The zero-order chi connectivity index (χ0) is 27.6. The second-order valence-electron chi connectivity index (χ2n) is 9.51. The van der Waals surface area contributed by atoms with E-state index in [1.807, 2.05) is 67.6 Å². The van der Waals surface area contributed by atoms with Crippen molar-refractivity contribution in [3.63, 3.8) is 0 Å². The molecule has 0 saturated heterocycles. The van der Waals surface area contributed by atoms with E-state index in [4.69, 9.17) is 0 Å². The van der Waals surface area contributed by atoms with Crippen molar-refractivity contribution in [3.05, 3.63) is 120 Å². The number of aromatic nitrogens is 5. The van der Waals surface area contributed by atoms with Gasteiger partial charge in [-0.25, -0.2) is 9.48 Å². The van der Waals surface area contributed by atoms with Crippen LogP contribution in [0.4, 0.5) is 0 Å². The van der Waals surface area contributed by atoms with Crippen LogP contribution < -0.4 is 5.32 Å². The molecule has 40 heavy (non-hydrogen) atoms. The van der Waals surface area contributed by atoms with Gasteiger partial charge in [-0.1, -0.05) is 53.7 Å². The molecule has 2 aromatic heterocycles. The number of carboxylic acid groups (broad SMARTS) is 1. The van der Waals surface area contributed by atoms with Gasteiger partial charge in [0.05, 0.1) is 34.7 Å². The minimum Gasteiger partial charge on any atom is -0.478 e. The van der Waals surface area contributed by atoms with Crippen LogP contribution >= 0.6 is 0 Å². The molecule has 2 heterocycles.